The number of benzene rings is 1. The van der Waals surface area contributed by atoms with Gasteiger partial charge in [-0.05, 0) is 12.5 Å². The second-order valence-electron chi connectivity index (χ2n) is 5.33. The fourth-order valence-corrected chi connectivity index (χ4v) is 4.67. The van der Waals surface area contributed by atoms with E-state index in [4.69, 9.17) is 0 Å². The Morgan fingerprint density at radius 3 is 2.84 bits per heavy atom. The second-order valence-corrected chi connectivity index (χ2v) is 7.51. The molecule has 3 rings (SSSR count). The molecule has 0 bridgehead atoms. The van der Waals surface area contributed by atoms with Crippen molar-refractivity contribution in [3.8, 4) is 0 Å². The smallest absolute Gasteiger partial charge is 0.153 e. The van der Waals surface area contributed by atoms with Crippen molar-refractivity contribution in [2.24, 2.45) is 7.05 Å². The molecule has 0 spiro atoms. The largest absolute Gasteiger partial charge is 0.388 e. The molecule has 0 aliphatic carbocycles. The van der Waals surface area contributed by atoms with Gasteiger partial charge in [-0.3, -0.25) is 4.68 Å². The fraction of sp³-hybridized carbons (Fsp3) is 0.462. The van der Waals surface area contributed by atoms with Crippen LogP contribution in [-0.4, -0.2) is 40.4 Å². The van der Waals surface area contributed by atoms with E-state index in [1.807, 2.05) is 31.3 Å². The molecule has 0 saturated carbocycles. The van der Waals surface area contributed by atoms with Crippen LogP contribution in [-0.2, 0) is 23.3 Å². The zero-order chi connectivity index (χ0) is 13.7. The van der Waals surface area contributed by atoms with E-state index in [1.54, 1.807) is 4.68 Å². The molecule has 5 nitrogen and oxygen atoms in total. The lowest BCUT2D eigenvalue weighted by atomic mass is 9.96. The minimum atomic E-state index is -3.11. The van der Waals surface area contributed by atoms with Crippen molar-refractivity contribution in [1.29, 1.82) is 0 Å². The Labute approximate surface area is 111 Å². The summed E-state index contributed by atoms with van der Waals surface area (Å²) >= 11 is 0. The summed E-state index contributed by atoms with van der Waals surface area (Å²) in [6.07, 6.45) is 0.577. The normalized spacial score (nSPS) is 26.0. The summed E-state index contributed by atoms with van der Waals surface area (Å²) in [6, 6.07) is 7.76. The quantitative estimate of drug-likeness (QED) is 0.877. The van der Waals surface area contributed by atoms with E-state index >= 15 is 0 Å². The van der Waals surface area contributed by atoms with E-state index < -0.39 is 15.4 Å². The summed E-state index contributed by atoms with van der Waals surface area (Å²) < 4.78 is 24.8. The van der Waals surface area contributed by atoms with Gasteiger partial charge in [0.2, 0.25) is 0 Å². The molecule has 1 aliphatic heterocycles. The maximum absolute atomic E-state index is 11.5. The van der Waals surface area contributed by atoms with Crippen molar-refractivity contribution in [3.63, 3.8) is 0 Å². The third kappa shape index (κ3) is 2.26. The molecule has 2 heterocycles. The topological polar surface area (TPSA) is 72.2 Å². The van der Waals surface area contributed by atoms with Gasteiger partial charge in [0, 0.05) is 18.9 Å². The van der Waals surface area contributed by atoms with Gasteiger partial charge in [0.25, 0.3) is 0 Å². The van der Waals surface area contributed by atoms with Gasteiger partial charge in [-0.1, -0.05) is 18.2 Å². The van der Waals surface area contributed by atoms with Crippen molar-refractivity contribution >= 4 is 20.7 Å². The molecule has 1 saturated heterocycles. The van der Waals surface area contributed by atoms with Gasteiger partial charge in [0.15, 0.2) is 9.84 Å². The maximum Gasteiger partial charge on any atom is 0.153 e. The van der Waals surface area contributed by atoms with E-state index in [2.05, 4.69) is 5.10 Å². The number of rotatable bonds is 2. The van der Waals surface area contributed by atoms with Crippen LogP contribution in [0.5, 0.6) is 0 Å². The van der Waals surface area contributed by atoms with Gasteiger partial charge in [-0.15, -0.1) is 0 Å². The van der Waals surface area contributed by atoms with Crippen LogP contribution >= 0.6 is 0 Å². The molecule has 1 unspecified atom stereocenters. The maximum atomic E-state index is 11.5. The second kappa shape index (κ2) is 4.05. The number of hydrogen-bond acceptors (Lipinski definition) is 4. The molecule has 1 atom stereocenters. The van der Waals surface area contributed by atoms with E-state index in [9.17, 15) is 13.5 Å². The van der Waals surface area contributed by atoms with Gasteiger partial charge in [-0.2, -0.15) is 5.10 Å². The van der Waals surface area contributed by atoms with Crippen LogP contribution in [0.1, 0.15) is 12.1 Å². The molecular formula is C13H16N2O3S. The van der Waals surface area contributed by atoms with Crippen molar-refractivity contribution in [2.45, 2.75) is 18.4 Å². The lowest BCUT2D eigenvalue weighted by Crippen LogP contribution is -2.33. The fourth-order valence-electron chi connectivity index (χ4n) is 2.77. The Morgan fingerprint density at radius 1 is 1.42 bits per heavy atom. The third-order valence-electron chi connectivity index (χ3n) is 3.70. The van der Waals surface area contributed by atoms with Gasteiger partial charge in [0.05, 0.1) is 28.3 Å². The van der Waals surface area contributed by atoms with Crippen molar-refractivity contribution in [1.82, 2.24) is 9.78 Å². The lowest BCUT2D eigenvalue weighted by molar-refractivity contribution is 0.0673. The first-order chi connectivity index (χ1) is 8.89. The Kier molecular flexibility index (Phi) is 2.69. The van der Waals surface area contributed by atoms with Crippen LogP contribution in [0.15, 0.2) is 24.3 Å². The number of fused-ring (bicyclic) bond motifs is 1. The average Bonchev–Trinajstić information content (AvgIpc) is 2.78. The average molecular weight is 280 g/mol. The summed E-state index contributed by atoms with van der Waals surface area (Å²) in [5.74, 6) is -0.0980. The highest BCUT2D eigenvalue weighted by Gasteiger charge is 2.41. The number of hydrogen-bond donors (Lipinski definition) is 1. The number of sulfone groups is 1. The van der Waals surface area contributed by atoms with Gasteiger partial charge < -0.3 is 5.11 Å². The molecule has 1 aliphatic rings. The first kappa shape index (κ1) is 12.6. The van der Waals surface area contributed by atoms with Crippen LogP contribution in [0.3, 0.4) is 0 Å². The third-order valence-corrected chi connectivity index (χ3v) is 5.50. The summed E-state index contributed by atoms with van der Waals surface area (Å²) in [4.78, 5) is 0. The van der Waals surface area contributed by atoms with E-state index in [0.717, 1.165) is 16.6 Å². The van der Waals surface area contributed by atoms with E-state index in [1.165, 1.54) is 0 Å². The molecule has 2 aromatic rings. The van der Waals surface area contributed by atoms with Crippen LogP contribution in [0.4, 0.5) is 0 Å². The predicted octanol–water partition coefficient (Wildman–Crippen LogP) is 0.665. The number of aromatic nitrogens is 2. The molecule has 102 valence electrons. The molecule has 1 aromatic carbocycles. The highest BCUT2D eigenvalue weighted by Crippen LogP contribution is 2.29. The number of para-hydroxylation sites is 1. The zero-order valence-electron chi connectivity index (χ0n) is 10.7. The SMILES string of the molecule is Cn1nc(CC2(O)CCS(=O)(=O)C2)c2ccccc21. The van der Waals surface area contributed by atoms with Crippen LogP contribution in [0.25, 0.3) is 10.9 Å². The van der Waals surface area contributed by atoms with Crippen LogP contribution < -0.4 is 0 Å². The Bertz CT molecular complexity index is 735. The molecule has 1 fully saturated rings. The van der Waals surface area contributed by atoms with Gasteiger partial charge in [-0.25, -0.2) is 8.42 Å². The molecule has 6 heteroatoms. The molecule has 0 amide bonds. The first-order valence-electron chi connectivity index (χ1n) is 6.22. The van der Waals surface area contributed by atoms with Crippen LogP contribution in [0.2, 0.25) is 0 Å². The highest BCUT2D eigenvalue weighted by atomic mass is 32.2. The number of aryl methyl sites for hydroxylation is 1. The lowest BCUT2D eigenvalue weighted by Gasteiger charge is -2.19. The van der Waals surface area contributed by atoms with Crippen molar-refractivity contribution < 1.29 is 13.5 Å². The highest BCUT2D eigenvalue weighted by molar-refractivity contribution is 7.91. The van der Waals surface area contributed by atoms with Gasteiger partial charge >= 0.3 is 0 Å². The Morgan fingerprint density at radius 2 is 2.16 bits per heavy atom. The standard InChI is InChI=1S/C13H16N2O3S/c1-15-12-5-3-2-4-10(12)11(14-15)8-13(16)6-7-19(17,18)9-13/h2-5,16H,6-9H2,1H3. The summed E-state index contributed by atoms with van der Waals surface area (Å²) in [6.45, 7) is 0. The number of nitrogens with zero attached hydrogens (tertiary/aromatic N) is 2. The summed E-state index contributed by atoms with van der Waals surface area (Å²) in [5.41, 5.74) is 0.579. The zero-order valence-corrected chi connectivity index (χ0v) is 11.5. The number of aliphatic hydroxyl groups is 1. The van der Waals surface area contributed by atoms with E-state index in [-0.39, 0.29) is 17.9 Å². The molecule has 1 N–H and O–H groups in total. The van der Waals surface area contributed by atoms with Gasteiger partial charge in [0.1, 0.15) is 0 Å². The summed E-state index contributed by atoms with van der Waals surface area (Å²) in [5, 5.41) is 15.8. The molecule has 19 heavy (non-hydrogen) atoms. The van der Waals surface area contributed by atoms with Crippen molar-refractivity contribution in [2.75, 3.05) is 11.5 Å². The predicted molar refractivity (Wildman–Crippen MR) is 72.6 cm³/mol. The summed E-state index contributed by atoms with van der Waals surface area (Å²) in [7, 11) is -1.26. The first-order valence-corrected chi connectivity index (χ1v) is 8.04. The molecular weight excluding hydrogens is 264 g/mol. The monoisotopic (exact) mass is 280 g/mol. The molecule has 0 radical (unpaired) electrons. The van der Waals surface area contributed by atoms with Crippen molar-refractivity contribution in [3.05, 3.63) is 30.0 Å². The molecule has 1 aromatic heterocycles. The Balaban J connectivity index is 1.99. The Hall–Kier alpha value is -1.40. The van der Waals surface area contributed by atoms with Crippen LogP contribution in [0, 0.1) is 0 Å². The van der Waals surface area contributed by atoms with E-state index in [0.29, 0.717) is 6.42 Å². The minimum Gasteiger partial charge on any atom is -0.388 e. The minimum absolute atomic E-state index is 0.0638.